The first-order valence-corrected chi connectivity index (χ1v) is 19.0. The molecule has 0 fully saturated rings. The Morgan fingerprint density at radius 3 is 1.70 bits per heavy atom. The zero-order valence-electron chi connectivity index (χ0n) is 29.7. The quantitative estimate of drug-likeness (QED) is 0.179. The van der Waals surface area contributed by atoms with Crippen molar-refractivity contribution in [2.45, 2.75) is 0 Å². The highest BCUT2D eigenvalue weighted by Gasteiger charge is 2.28. The SMILES string of the molecule is c1ccc2cc3c(cc2c1)c1c2c4ccccc4n4c5ccccc5c(cc1n3-c1nc(-n3c5ccccc5c5ccccc53)nc3c1oc1ccccc13)c24. The molecule has 56 heavy (non-hydrogen) atoms. The number of hydrogen-bond donors (Lipinski definition) is 0. The monoisotopic (exact) mass is 713 g/mol. The molecule has 6 heteroatoms. The summed E-state index contributed by atoms with van der Waals surface area (Å²) in [6.45, 7) is 0. The molecule has 0 amide bonds. The van der Waals surface area contributed by atoms with Crippen LogP contribution in [-0.4, -0.2) is 23.5 Å². The van der Waals surface area contributed by atoms with E-state index in [9.17, 15) is 0 Å². The Bertz CT molecular complexity index is 3960. The van der Waals surface area contributed by atoms with E-state index in [1.54, 1.807) is 0 Å². The second-order valence-corrected chi connectivity index (χ2v) is 15.0. The van der Waals surface area contributed by atoms with Gasteiger partial charge < -0.3 is 8.82 Å². The summed E-state index contributed by atoms with van der Waals surface area (Å²) in [4.78, 5) is 11.0. The first-order valence-electron chi connectivity index (χ1n) is 19.0. The van der Waals surface area contributed by atoms with E-state index >= 15 is 0 Å². The fourth-order valence-corrected chi connectivity index (χ4v) is 9.88. The maximum absolute atomic E-state index is 6.85. The highest BCUT2D eigenvalue weighted by atomic mass is 16.3. The van der Waals surface area contributed by atoms with E-state index in [0.29, 0.717) is 17.3 Å². The van der Waals surface area contributed by atoms with Crippen molar-refractivity contribution in [3.05, 3.63) is 164 Å². The molecule has 0 spiro atoms. The summed E-state index contributed by atoms with van der Waals surface area (Å²) in [5.41, 5.74) is 10.1. The van der Waals surface area contributed by atoms with Gasteiger partial charge in [-0.05, 0) is 65.4 Å². The van der Waals surface area contributed by atoms with E-state index in [-0.39, 0.29) is 0 Å². The molecule has 0 N–H and O–H groups in total. The van der Waals surface area contributed by atoms with E-state index < -0.39 is 0 Å². The van der Waals surface area contributed by atoms with Gasteiger partial charge in [0, 0.05) is 48.5 Å². The molecular weight excluding hydrogens is 687 g/mol. The average Bonchev–Trinajstić information content (AvgIpc) is 4.04. The number of rotatable bonds is 2. The van der Waals surface area contributed by atoms with Gasteiger partial charge >= 0.3 is 0 Å². The van der Waals surface area contributed by atoms with Crippen LogP contribution in [0.1, 0.15) is 0 Å². The summed E-state index contributed by atoms with van der Waals surface area (Å²) in [6.07, 6.45) is 0. The van der Waals surface area contributed by atoms with Gasteiger partial charge in [0.25, 0.3) is 0 Å². The number of furan rings is 1. The van der Waals surface area contributed by atoms with Crippen molar-refractivity contribution in [1.29, 1.82) is 0 Å². The fourth-order valence-electron chi connectivity index (χ4n) is 9.88. The molecule has 0 atom stereocenters. The first-order chi connectivity index (χ1) is 27.8. The lowest BCUT2D eigenvalue weighted by Gasteiger charge is -2.12. The second-order valence-electron chi connectivity index (χ2n) is 15.0. The summed E-state index contributed by atoms with van der Waals surface area (Å²) < 4.78 is 13.9. The minimum atomic E-state index is 0.597. The van der Waals surface area contributed by atoms with Crippen molar-refractivity contribution in [2.75, 3.05) is 0 Å². The molecule has 0 aliphatic rings. The van der Waals surface area contributed by atoms with Crippen molar-refractivity contribution in [3.8, 4) is 11.8 Å². The topological polar surface area (TPSA) is 53.2 Å². The molecule has 0 aliphatic heterocycles. The third kappa shape index (κ3) is 3.44. The van der Waals surface area contributed by atoms with Crippen LogP contribution in [0.2, 0.25) is 0 Å². The highest BCUT2D eigenvalue weighted by molar-refractivity contribution is 6.36. The third-order valence-corrected chi connectivity index (χ3v) is 12.1. The van der Waals surface area contributed by atoms with Gasteiger partial charge in [-0.2, -0.15) is 4.98 Å². The van der Waals surface area contributed by atoms with Gasteiger partial charge in [-0.3, -0.25) is 9.13 Å². The predicted octanol–water partition coefficient (Wildman–Crippen LogP) is 12.9. The van der Waals surface area contributed by atoms with E-state index in [1.807, 2.05) is 12.1 Å². The lowest BCUT2D eigenvalue weighted by Crippen LogP contribution is -2.06. The minimum Gasteiger partial charge on any atom is -0.450 e. The Balaban J connectivity index is 1.25. The lowest BCUT2D eigenvalue weighted by atomic mass is 10.0. The highest BCUT2D eigenvalue weighted by Crippen LogP contribution is 2.48. The van der Waals surface area contributed by atoms with Crippen LogP contribution >= 0.6 is 0 Å². The molecule has 6 nitrogen and oxygen atoms in total. The number of para-hydroxylation sites is 5. The van der Waals surface area contributed by atoms with E-state index in [0.717, 1.165) is 54.7 Å². The van der Waals surface area contributed by atoms with Gasteiger partial charge in [0.1, 0.15) is 11.1 Å². The standard InChI is InChI=1S/C50H27N5O/c1-2-14-29-26-41-36(25-28(29)13-1)44-42(27-35-32-17-5-8-20-37(32)53-40-23-11-6-18-33(40)45(44)47(35)53)54(41)49-48-46(34-19-7-12-24-43(34)56-48)51-50(52-49)55-38-21-9-3-15-30(38)31-16-4-10-22-39(31)55/h1-27H. The largest absolute Gasteiger partial charge is 0.450 e. The van der Waals surface area contributed by atoms with Crippen LogP contribution in [-0.2, 0) is 0 Å². The number of hydrogen-bond acceptors (Lipinski definition) is 3. The van der Waals surface area contributed by atoms with Crippen LogP contribution in [0, 0.1) is 0 Å². The zero-order chi connectivity index (χ0) is 36.2. The summed E-state index contributed by atoms with van der Waals surface area (Å²) in [5, 5.41) is 12.9. The maximum atomic E-state index is 6.85. The average molecular weight is 714 g/mol. The molecule has 14 aromatic rings. The van der Waals surface area contributed by atoms with E-state index in [1.165, 1.54) is 54.3 Å². The second kappa shape index (κ2) is 10.1. The van der Waals surface area contributed by atoms with Crippen LogP contribution in [0.5, 0.6) is 0 Å². The first kappa shape index (κ1) is 28.8. The summed E-state index contributed by atoms with van der Waals surface area (Å²) in [6, 6.07) is 58.6. The summed E-state index contributed by atoms with van der Waals surface area (Å²) in [5.74, 6) is 1.31. The van der Waals surface area contributed by atoms with Crippen LogP contribution in [0.4, 0.5) is 0 Å². The van der Waals surface area contributed by atoms with Gasteiger partial charge in [0.15, 0.2) is 11.4 Å². The molecule has 0 aliphatic carbocycles. The van der Waals surface area contributed by atoms with Gasteiger partial charge in [-0.25, -0.2) is 4.98 Å². The van der Waals surface area contributed by atoms with Crippen LogP contribution in [0.25, 0.3) is 126 Å². The Kier molecular flexibility index (Phi) is 5.18. The Labute approximate surface area is 317 Å². The van der Waals surface area contributed by atoms with Crippen molar-refractivity contribution in [1.82, 2.24) is 23.5 Å². The van der Waals surface area contributed by atoms with Crippen molar-refractivity contribution < 1.29 is 4.42 Å². The fraction of sp³-hybridized carbons (Fsp3) is 0. The van der Waals surface area contributed by atoms with Crippen molar-refractivity contribution in [3.63, 3.8) is 0 Å². The molecule has 0 bridgehead atoms. The zero-order valence-corrected chi connectivity index (χ0v) is 29.7. The molecule has 8 aromatic carbocycles. The minimum absolute atomic E-state index is 0.597. The van der Waals surface area contributed by atoms with Crippen LogP contribution in [0.15, 0.2) is 168 Å². The maximum Gasteiger partial charge on any atom is 0.237 e. The van der Waals surface area contributed by atoms with Crippen LogP contribution < -0.4 is 0 Å². The van der Waals surface area contributed by atoms with E-state index in [4.69, 9.17) is 14.4 Å². The lowest BCUT2D eigenvalue weighted by molar-refractivity contribution is 0.661. The number of benzene rings is 8. The van der Waals surface area contributed by atoms with Crippen molar-refractivity contribution in [2.24, 2.45) is 0 Å². The van der Waals surface area contributed by atoms with Crippen molar-refractivity contribution >= 4 is 115 Å². The molecule has 0 radical (unpaired) electrons. The Morgan fingerprint density at radius 1 is 0.393 bits per heavy atom. The van der Waals surface area contributed by atoms with Gasteiger partial charge in [0.05, 0.1) is 38.6 Å². The summed E-state index contributed by atoms with van der Waals surface area (Å²) in [7, 11) is 0. The summed E-state index contributed by atoms with van der Waals surface area (Å²) >= 11 is 0. The van der Waals surface area contributed by atoms with Gasteiger partial charge in [0.2, 0.25) is 5.95 Å². The number of aromatic nitrogens is 5. The van der Waals surface area contributed by atoms with Gasteiger partial charge in [-0.15, -0.1) is 0 Å². The normalized spacial score (nSPS) is 12.6. The molecule has 6 heterocycles. The third-order valence-electron chi connectivity index (χ3n) is 12.1. The Morgan fingerprint density at radius 2 is 0.964 bits per heavy atom. The molecule has 0 unspecified atom stereocenters. The van der Waals surface area contributed by atoms with Crippen LogP contribution in [0.3, 0.4) is 0 Å². The number of fused-ring (bicyclic) bond motifs is 17. The molecule has 258 valence electrons. The number of nitrogens with zero attached hydrogens (tertiary/aromatic N) is 5. The predicted molar refractivity (Wildman–Crippen MR) is 230 cm³/mol. The van der Waals surface area contributed by atoms with Gasteiger partial charge in [-0.1, -0.05) is 109 Å². The molecule has 0 saturated heterocycles. The molecular formula is C50H27N5O. The van der Waals surface area contributed by atoms with E-state index in [2.05, 4.69) is 165 Å². The molecule has 0 saturated carbocycles. The smallest absolute Gasteiger partial charge is 0.237 e. The molecule has 14 rings (SSSR count). The Hall–Kier alpha value is -7.70. The molecule has 6 aromatic heterocycles.